The summed E-state index contributed by atoms with van der Waals surface area (Å²) in [5.74, 6) is 1.01. The molecule has 0 atom stereocenters. The molecule has 2 rings (SSSR count). The number of rotatable bonds is 8. The number of nitrogens with one attached hydrogen (secondary N) is 1. The molecule has 3 nitrogen and oxygen atoms in total. The predicted octanol–water partition coefficient (Wildman–Crippen LogP) is 3.25. The molecule has 0 aromatic heterocycles. The fraction of sp³-hybridized carbons (Fsp3) is 0.632. The van der Waals surface area contributed by atoms with Crippen LogP contribution in [0, 0.1) is 5.92 Å². The molecular weight excluding hydrogens is 272 g/mol. The molecular formula is C19H30N2O. The van der Waals surface area contributed by atoms with Crippen LogP contribution in [0.15, 0.2) is 30.3 Å². The van der Waals surface area contributed by atoms with Gasteiger partial charge in [-0.1, -0.05) is 43.7 Å². The topological polar surface area (TPSA) is 32.3 Å². The van der Waals surface area contributed by atoms with Crippen molar-refractivity contribution >= 4 is 5.91 Å². The quantitative estimate of drug-likeness (QED) is 0.748. The summed E-state index contributed by atoms with van der Waals surface area (Å²) < 4.78 is 0. The maximum absolute atomic E-state index is 11.7. The zero-order valence-corrected chi connectivity index (χ0v) is 13.9. The molecule has 1 aromatic carbocycles. The summed E-state index contributed by atoms with van der Waals surface area (Å²) in [6.45, 7) is 6.16. The van der Waals surface area contributed by atoms with Gasteiger partial charge < -0.3 is 10.2 Å². The molecule has 1 amide bonds. The van der Waals surface area contributed by atoms with Gasteiger partial charge in [0, 0.05) is 19.5 Å². The van der Waals surface area contributed by atoms with Crippen molar-refractivity contribution in [2.45, 2.75) is 45.4 Å². The number of likely N-dealkylation sites (tertiary alicyclic amines) is 1. The maximum Gasteiger partial charge on any atom is 0.221 e. The van der Waals surface area contributed by atoms with Crippen LogP contribution in [0.3, 0.4) is 0 Å². The number of unbranched alkanes of at least 4 members (excludes halogenated alkanes) is 1. The minimum Gasteiger partial charge on any atom is -0.356 e. The average molecular weight is 302 g/mol. The van der Waals surface area contributed by atoms with E-state index in [0.29, 0.717) is 6.42 Å². The second kappa shape index (κ2) is 9.62. The largest absolute Gasteiger partial charge is 0.356 e. The van der Waals surface area contributed by atoms with E-state index in [-0.39, 0.29) is 5.91 Å². The predicted molar refractivity (Wildman–Crippen MR) is 91.8 cm³/mol. The van der Waals surface area contributed by atoms with Crippen LogP contribution in [-0.2, 0) is 11.2 Å². The standard InChI is InChI=1S/C19H30N2O/c1-2-3-12-20-19(22)11-15-21-13-9-18(10-14-21)16-17-7-5-4-6-8-17/h4-8,18H,2-3,9-16H2,1H3,(H,20,22). The van der Waals surface area contributed by atoms with Gasteiger partial charge in [-0.05, 0) is 50.3 Å². The third kappa shape index (κ3) is 6.18. The Bertz CT molecular complexity index is 424. The summed E-state index contributed by atoms with van der Waals surface area (Å²) in [6, 6.07) is 10.8. The highest BCUT2D eigenvalue weighted by Gasteiger charge is 2.19. The molecule has 1 N–H and O–H groups in total. The highest BCUT2D eigenvalue weighted by Crippen LogP contribution is 2.21. The smallest absolute Gasteiger partial charge is 0.221 e. The number of hydrogen-bond acceptors (Lipinski definition) is 2. The first-order chi connectivity index (χ1) is 10.8. The minimum atomic E-state index is 0.208. The monoisotopic (exact) mass is 302 g/mol. The van der Waals surface area contributed by atoms with E-state index in [1.807, 2.05) is 0 Å². The van der Waals surface area contributed by atoms with Crippen molar-refractivity contribution in [3.8, 4) is 0 Å². The lowest BCUT2D eigenvalue weighted by Gasteiger charge is -2.31. The van der Waals surface area contributed by atoms with Gasteiger partial charge in [-0.15, -0.1) is 0 Å². The molecule has 1 saturated heterocycles. The molecule has 0 aliphatic carbocycles. The maximum atomic E-state index is 11.7. The summed E-state index contributed by atoms with van der Waals surface area (Å²) in [4.78, 5) is 14.2. The molecule has 1 aromatic rings. The second-order valence-electron chi connectivity index (χ2n) is 6.43. The van der Waals surface area contributed by atoms with E-state index in [9.17, 15) is 4.79 Å². The van der Waals surface area contributed by atoms with Crippen LogP contribution in [0.4, 0.5) is 0 Å². The number of hydrogen-bond donors (Lipinski definition) is 1. The second-order valence-corrected chi connectivity index (χ2v) is 6.43. The summed E-state index contributed by atoms with van der Waals surface area (Å²) >= 11 is 0. The molecule has 0 spiro atoms. The molecule has 1 aliphatic rings. The molecule has 0 bridgehead atoms. The van der Waals surface area contributed by atoms with Crippen LogP contribution < -0.4 is 5.32 Å². The van der Waals surface area contributed by atoms with Crippen molar-refractivity contribution in [2.24, 2.45) is 5.92 Å². The van der Waals surface area contributed by atoms with E-state index in [0.717, 1.165) is 44.9 Å². The van der Waals surface area contributed by atoms with Gasteiger partial charge in [0.05, 0.1) is 0 Å². The molecule has 22 heavy (non-hydrogen) atoms. The minimum absolute atomic E-state index is 0.208. The Labute approximate surface area is 135 Å². The van der Waals surface area contributed by atoms with Gasteiger partial charge in [0.2, 0.25) is 5.91 Å². The van der Waals surface area contributed by atoms with Crippen LogP contribution >= 0.6 is 0 Å². The summed E-state index contributed by atoms with van der Waals surface area (Å²) in [7, 11) is 0. The first-order valence-corrected chi connectivity index (χ1v) is 8.81. The molecule has 1 aliphatic heterocycles. The lowest BCUT2D eigenvalue weighted by molar-refractivity contribution is -0.121. The van der Waals surface area contributed by atoms with E-state index in [4.69, 9.17) is 0 Å². The fourth-order valence-electron chi connectivity index (χ4n) is 3.11. The highest BCUT2D eigenvalue weighted by atomic mass is 16.1. The van der Waals surface area contributed by atoms with Crippen molar-refractivity contribution in [2.75, 3.05) is 26.2 Å². The molecule has 1 heterocycles. The van der Waals surface area contributed by atoms with Gasteiger partial charge in [0.25, 0.3) is 0 Å². The lowest BCUT2D eigenvalue weighted by Crippen LogP contribution is -2.37. The molecule has 0 saturated carbocycles. The third-order valence-corrected chi connectivity index (χ3v) is 4.58. The summed E-state index contributed by atoms with van der Waals surface area (Å²) in [5, 5.41) is 3.00. The van der Waals surface area contributed by atoms with Crippen molar-refractivity contribution in [1.82, 2.24) is 10.2 Å². The number of amides is 1. The van der Waals surface area contributed by atoms with Gasteiger partial charge in [-0.3, -0.25) is 4.79 Å². The highest BCUT2D eigenvalue weighted by molar-refractivity contribution is 5.75. The van der Waals surface area contributed by atoms with Crippen LogP contribution in [0.5, 0.6) is 0 Å². The van der Waals surface area contributed by atoms with Crippen molar-refractivity contribution in [3.05, 3.63) is 35.9 Å². The average Bonchev–Trinajstić information content (AvgIpc) is 2.55. The Morgan fingerprint density at radius 1 is 1.23 bits per heavy atom. The molecule has 3 heteroatoms. The van der Waals surface area contributed by atoms with Gasteiger partial charge >= 0.3 is 0 Å². The number of piperidine rings is 1. The van der Waals surface area contributed by atoms with Crippen molar-refractivity contribution < 1.29 is 4.79 Å². The first-order valence-electron chi connectivity index (χ1n) is 8.81. The lowest BCUT2D eigenvalue weighted by atomic mass is 9.90. The molecule has 122 valence electrons. The number of carbonyl (C=O) groups excluding carboxylic acids is 1. The van der Waals surface area contributed by atoms with Crippen LogP contribution in [-0.4, -0.2) is 37.0 Å². The van der Waals surface area contributed by atoms with Crippen LogP contribution in [0.2, 0.25) is 0 Å². The fourth-order valence-corrected chi connectivity index (χ4v) is 3.11. The Kier molecular flexibility index (Phi) is 7.44. The van der Waals surface area contributed by atoms with E-state index in [1.54, 1.807) is 0 Å². The number of carbonyl (C=O) groups is 1. The van der Waals surface area contributed by atoms with Crippen LogP contribution in [0.1, 0.15) is 44.6 Å². The van der Waals surface area contributed by atoms with Gasteiger partial charge in [-0.25, -0.2) is 0 Å². The van der Waals surface area contributed by atoms with E-state index < -0.39 is 0 Å². The zero-order chi connectivity index (χ0) is 15.6. The Morgan fingerprint density at radius 2 is 1.95 bits per heavy atom. The van der Waals surface area contributed by atoms with E-state index in [1.165, 1.54) is 24.8 Å². The van der Waals surface area contributed by atoms with Crippen molar-refractivity contribution in [3.63, 3.8) is 0 Å². The molecule has 0 radical (unpaired) electrons. The third-order valence-electron chi connectivity index (χ3n) is 4.58. The van der Waals surface area contributed by atoms with Crippen LogP contribution in [0.25, 0.3) is 0 Å². The zero-order valence-electron chi connectivity index (χ0n) is 13.9. The number of nitrogens with zero attached hydrogens (tertiary/aromatic N) is 1. The first kappa shape index (κ1) is 17.0. The van der Waals surface area contributed by atoms with Crippen molar-refractivity contribution in [1.29, 1.82) is 0 Å². The summed E-state index contributed by atoms with van der Waals surface area (Å²) in [5.41, 5.74) is 1.45. The molecule has 0 unspecified atom stereocenters. The Hall–Kier alpha value is -1.35. The molecule has 1 fully saturated rings. The summed E-state index contributed by atoms with van der Waals surface area (Å²) in [6.07, 6.45) is 6.57. The van der Waals surface area contributed by atoms with E-state index in [2.05, 4.69) is 47.5 Å². The van der Waals surface area contributed by atoms with E-state index >= 15 is 0 Å². The van der Waals surface area contributed by atoms with Gasteiger partial charge in [-0.2, -0.15) is 0 Å². The number of benzene rings is 1. The normalized spacial score (nSPS) is 16.6. The van der Waals surface area contributed by atoms with Gasteiger partial charge in [0.15, 0.2) is 0 Å². The Morgan fingerprint density at radius 3 is 2.64 bits per heavy atom. The SMILES string of the molecule is CCCCNC(=O)CCN1CCC(Cc2ccccc2)CC1. The Balaban J connectivity index is 1.60. The van der Waals surface area contributed by atoms with Gasteiger partial charge in [0.1, 0.15) is 0 Å².